The Balaban J connectivity index is 1.37. The van der Waals surface area contributed by atoms with E-state index in [1.165, 1.54) is 28.8 Å². The number of imide groups is 1. The Morgan fingerprint density at radius 2 is 1.68 bits per heavy atom. The molecule has 1 atom stereocenters. The van der Waals surface area contributed by atoms with Crippen LogP contribution in [0.15, 0.2) is 77.7 Å². The van der Waals surface area contributed by atoms with E-state index in [4.69, 9.17) is 4.74 Å². The quantitative estimate of drug-likeness (QED) is 0.279. The lowest BCUT2D eigenvalue weighted by atomic mass is 10.1. The maximum atomic E-state index is 13.0. The Morgan fingerprint density at radius 3 is 2.32 bits per heavy atom. The molecule has 1 aliphatic heterocycles. The molecule has 0 aromatic heterocycles. The van der Waals surface area contributed by atoms with Crippen LogP contribution >= 0.6 is 11.8 Å². The summed E-state index contributed by atoms with van der Waals surface area (Å²) in [6.07, 6.45) is 2.07. The van der Waals surface area contributed by atoms with Gasteiger partial charge >= 0.3 is 5.97 Å². The van der Waals surface area contributed by atoms with Crippen LogP contribution in [0.2, 0.25) is 0 Å². The van der Waals surface area contributed by atoms with E-state index in [0.29, 0.717) is 23.7 Å². The lowest BCUT2D eigenvalue weighted by molar-refractivity contribution is -0.121. The van der Waals surface area contributed by atoms with Crippen molar-refractivity contribution in [2.24, 2.45) is 0 Å². The van der Waals surface area contributed by atoms with Crippen LogP contribution in [0.25, 0.3) is 0 Å². The molecule has 0 spiro atoms. The number of nitrogens with one attached hydrogen (secondary N) is 1. The van der Waals surface area contributed by atoms with Gasteiger partial charge in [-0.2, -0.15) is 0 Å². The van der Waals surface area contributed by atoms with Crippen molar-refractivity contribution in [3.05, 3.63) is 83.9 Å². The SMILES string of the molecule is CCCCOc1ccc(N2C(=O)CC(Sc3ccc(NC(=O)c4ccccc4C(=O)O)cc3)C2=O)cc1. The number of nitrogens with zero attached hydrogens (tertiary/aromatic N) is 1. The monoisotopic (exact) mass is 518 g/mol. The van der Waals surface area contributed by atoms with Crippen LogP contribution in [-0.4, -0.2) is 40.7 Å². The molecule has 4 rings (SSSR count). The number of rotatable bonds is 10. The molecule has 1 aliphatic rings. The number of ether oxygens (including phenoxy) is 1. The maximum absolute atomic E-state index is 13.0. The van der Waals surface area contributed by atoms with Gasteiger partial charge in [0.1, 0.15) is 5.75 Å². The Kier molecular flexibility index (Phi) is 8.25. The number of aromatic carboxylic acids is 1. The average Bonchev–Trinajstić information content (AvgIpc) is 3.18. The summed E-state index contributed by atoms with van der Waals surface area (Å²) in [5, 5.41) is 11.4. The number of carboxylic acid groups (broad SMARTS) is 1. The van der Waals surface area contributed by atoms with Crippen molar-refractivity contribution in [2.75, 3.05) is 16.8 Å². The molecule has 37 heavy (non-hydrogen) atoms. The Labute approximate surface area is 218 Å². The fourth-order valence-corrected chi connectivity index (χ4v) is 4.89. The third-order valence-corrected chi connectivity index (χ3v) is 6.96. The molecule has 9 heteroatoms. The van der Waals surface area contributed by atoms with Crippen LogP contribution in [0.5, 0.6) is 5.75 Å². The van der Waals surface area contributed by atoms with Gasteiger partial charge in [0.15, 0.2) is 0 Å². The van der Waals surface area contributed by atoms with E-state index in [0.717, 1.165) is 17.7 Å². The molecule has 1 saturated heterocycles. The third kappa shape index (κ3) is 6.18. The van der Waals surface area contributed by atoms with E-state index in [2.05, 4.69) is 12.2 Å². The second-order valence-electron chi connectivity index (χ2n) is 8.40. The molecule has 3 aromatic rings. The highest BCUT2D eigenvalue weighted by Gasteiger charge is 2.40. The Bertz CT molecular complexity index is 1310. The third-order valence-electron chi connectivity index (χ3n) is 5.76. The summed E-state index contributed by atoms with van der Waals surface area (Å²) in [7, 11) is 0. The van der Waals surface area contributed by atoms with E-state index < -0.39 is 17.1 Å². The lowest BCUT2D eigenvalue weighted by Gasteiger charge is -2.16. The van der Waals surface area contributed by atoms with E-state index in [1.54, 1.807) is 60.7 Å². The molecule has 1 unspecified atom stereocenters. The summed E-state index contributed by atoms with van der Waals surface area (Å²) in [6, 6.07) is 19.7. The second-order valence-corrected chi connectivity index (χ2v) is 9.68. The van der Waals surface area contributed by atoms with Crippen LogP contribution in [0.1, 0.15) is 46.9 Å². The summed E-state index contributed by atoms with van der Waals surface area (Å²) < 4.78 is 5.65. The van der Waals surface area contributed by atoms with Crippen molar-refractivity contribution in [2.45, 2.75) is 36.3 Å². The van der Waals surface area contributed by atoms with Gasteiger partial charge in [0, 0.05) is 17.0 Å². The second kappa shape index (κ2) is 11.7. The van der Waals surface area contributed by atoms with Gasteiger partial charge in [-0.3, -0.25) is 14.4 Å². The van der Waals surface area contributed by atoms with Gasteiger partial charge in [-0.05, 0) is 67.1 Å². The van der Waals surface area contributed by atoms with Crippen molar-refractivity contribution in [3.8, 4) is 5.75 Å². The Hall–Kier alpha value is -4.11. The van der Waals surface area contributed by atoms with Crippen LogP contribution in [0.4, 0.5) is 11.4 Å². The van der Waals surface area contributed by atoms with Gasteiger partial charge in [-0.15, -0.1) is 11.8 Å². The van der Waals surface area contributed by atoms with Crippen molar-refractivity contribution in [1.82, 2.24) is 0 Å². The standard InChI is InChI=1S/C28H26N2O6S/c1-2-3-16-36-20-12-10-19(11-13-20)30-25(31)17-24(27(30)33)37-21-14-8-18(9-15-21)29-26(32)22-6-4-5-7-23(22)28(34)35/h4-15,24H,2-3,16-17H2,1H3,(H,29,32)(H,34,35). The number of benzene rings is 3. The normalized spacial score (nSPS) is 15.1. The molecular formula is C28H26N2O6S. The van der Waals surface area contributed by atoms with Crippen molar-refractivity contribution in [3.63, 3.8) is 0 Å². The number of amides is 3. The number of unbranched alkanes of at least 4 members (excludes halogenated alkanes) is 1. The van der Waals surface area contributed by atoms with Gasteiger partial charge in [0.2, 0.25) is 11.8 Å². The molecule has 1 heterocycles. The highest BCUT2D eigenvalue weighted by atomic mass is 32.2. The number of carboxylic acids is 1. The van der Waals surface area contributed by atoms with Gasteiger partial charge in [-0.25, -0.2) is 9.69 Å². The van der Waals surface area contributed by atoms with Crippen molar-refractivity contribution < 1.29 is 29.0 Å². The molecule has 190 valence electrons. The average molecular weight is 519 g/mol. The summed E-state index contributed by atoms with van der Waals surface area (Å²) >= 11 is 1.28. The van der Waals surface area contributed by atoms with Crippen LogP contribution in [0, 0.1) is 0 Å². The summed E-state index contributed by atoms with van der Waals surface area (Å²) in [5.74, 6) is -1.56. The van der Waals surface area contributed by atoms with Crippen LogP contribution < -0.4 is 15.0 Å². The first kappa shape index (κ1) is 26.0. The minimum Gasteiger partial charge on any atom is -0.494 e. The first-order chi connectivity index (χ1) is 17.9. The number of thioether (sulfide) groups is 1. The molecule has 8 nitrogen and oxygen atoms in total. The predicted molar refractivity (Wildman–Crippen MR) is 141 cm³/mol. The zero-order chi connectivity index (χ0) is 26.4. The maximum Gasteiger partial charge on any atom is 0.336 e. The summed E-state index contributed by atoms with van der Waals surface area (Å²) in [5.41, 5.74) is 0.968. The van der Waals surface area contributed by atoms with Crippen LogP contribution in [-0.2, 0) is 9.59 Å². The zero-order valence-electron chi connectivity index (χ0n) is 20.2. The number of anilines is 2. The predicted octanol–water partition coefficient (Wildman–Crippen LogP) is 5.24. The minimum absolute atomic E-state index is 0.0594. The number of hydrogen-bond donors (Lipinski definition) is 2. The molecule has 3 aromatic carbocycles. The molecule has 1 fully saturated rings. The zero-order valence-corrected chi connectivity index (χ0v) is 21.0. The molecule has 2 N–H and O–H groups in total. The van der Waals surface area contributed by atoms with Gasteiger partial charge < -0.3 is 15.2 Å². The summed E-state index contributed by atoms with van der Waals surface area (Å²) in [6.45, 7) is 2.70. The van der Waals surface area contributed by atoms with E-state index in [1.807, 2.05) is 0 Å². The highest BCUT2D eigenvalue weighted by molar-refractivity contribution is 8.00. The molecule has 0 bridgehead atoms. The van der Waals surface area contributed by atoms with Gasteiger partial charge in [0.05, 0.1) is 28.7 Å². The van der Waals surface area contributed by atoms with Crippen LogP contribution in [0.3, 0.4) is 0 Å². The topological polar surface area (TPSA) is 113 Å². The Morgan fingerprint density at radius 1 is 1.00 bits per heavy atom. The smallest absolute Gasteiger partial charge is 0.336 e. The number of carbonyl (C=O) groups excluding carboxylic acids is 3. The van der Waals surface area contributed by atoms with Crippen molar-refractivity contribution >= 4 is 46.8 Å². The molecule has 3 amide bonds. The van der Waals surface area contributed by atoms with Gasteiger partial charge in [-0.1, -0.05) is 25.5 Å². The number of hydrogen-bond acceptors (Lipinski definition) is 6. The molecular weight excluding hydrogens is 492 g/mol. The first-order valence-corrected chi connectivity index (χ1v) is 12.8. The molecule has 0 aliphatic carbocycles. The van der Waals surface area contributed by atoms with E-state index in [-0.39, 0.29) is 29.4 Å². The highest BCUT2D eigenvalue weighted by Crippen LogP contribution is 2.35. The van der Waals surface area contributed by atoms with E-state index in [9.17, 15) is 24.3 Å². The summed E-state index contributed by atoms with van der Waals surface area (Å²) in [4.78, 5) is 51.6. The molecule has 0 saturated carbocycles. The fraction of sp³-hybridized carbons (Fsp3) is 0.214. The first-order valence-electron chi connectivity index (χ1n) is 11.9. The fourth-order valence-electron chi connectivity index (χ4n) is 3.84. The minimum atomic E-state index is -1.18. The van der Waals surface area contributed by atoms with E-state index >= 15 is 0 Å². The van der Waals surface area contributed by atoms with Gasteiger partial charge in [0.25, 0.3) is 5.91 Å². The largest absolute Gasteiger partial charge is 0.494 e. The number of carbonyl (C=O) groups is 4. The lowest BCUT2D eigenvalue weighted by Crippen LogP contribution is -2.31. The molecule has 0 radical (unpaired) electrons. The van der Waals surface area contributed by atoms with Crippen molar-refractivity contribution in [1.29, 1.82) is 0 Å².